The second-order valence-corrected chi connectivity index (χ2v) is 19.3. The molecule has 0 radical (unpaired) electrons. The average Bonchev–Trinajstić information content (AvgIpc) is 3.46. The van der Waals surface area contributed by atoms with Crippen LogP contribution in [-0.2, 0) is 19.1 Å². The summed E-state index contributed by atoms with van der Waals surface area (Å²) in [5.74, 6) is -0.681. The summed E-state index contributed by atoms with van der Waals surface area (Å²) in [6, 6.07) is 0. The number of esters is 2. The Bertz CT molecular complexity index is 2010. The van der Waals surface area contributed by atoms with Crippen molar-refractivity contribution < 1.29 is 24.2 Å². The van der Waals surface area contributed by atoms with Gasteiger partial charge < -0.3 is 14.6 Å². The van der Waals surface area contributed by atoms with Crippen LogP contribution >= 0.6 is 0 Å². The third-order valence-corrected chi connectivity index (χ3v) is 12.0. The van der Waals surface area contributed by atoms with Crippen molar-refractivity contribution in [3.63, 3.8) is 0 Å². The molecule has 80 heavy (non-hydrogen) atoms. The number of rotatable bonds is 53. The predicted octanol–water partition coefficient (Wildman–Crippen LogP) is 21.7. The number of allylic oxidation sites excluding steroid dienone is 38. The number of carbonyl (C=O) groups is 2. The lowest BCUT2D eigenvalue weighted by molar-refractivity contribution is -0.161. The summed E-state index contributed by atoms with van der Waals surface area (Å²) in [4.78, 5) is 24.6. The van der Waals surface area contributed by atoms with Crippen molar-refractivity contribution >= 4 is 11.9 Å². The molecule has 0 saturated heterocycles. The first-order valence-corrected chi connectivity index (χ1v) is 30.9. The van der Waals surface area contributed by atoms with Gasteiger partial charge in [0.05, 0.1) is 6.61 Å². The Hall–Kier alpha value is -6.04. The second kappa shape index (κ2) is 67.2. The smallest absolute Gasteiger partial charge is 0.306 e. The van der Waals surface area contributed by atoms with Crippen LogP contribution in [0.15, 0.2) is 231 Å². The normalized spacial score (nSPS) is 13.9. The first-order valence-electron chi connectivity index (χ1n) is 30.9. The zero-order valence-electron chi connectivity index (χ0n) is 50.2. The van der Waals surface area contributed by atoms with Gasteiger partial charge in [-0.1, -0.05) is 264 Å². The molecule has 0 saturated carbocycles. The molecule has 0 aromatic heterocycles. The summed E-state index contributed by atoms with van der Waals surface area (Å²) in [5.41, 5.74) is 0. The first kappa shape index (κ1) is 74.0. The number of ether oxygens (including phenoxy) is 2. The van der Waals surface area contributed by atoms with E-state index in [0.29, 0.717) is 12.8 Å². The standard InChI is InChI=1S/C75H110O5/c1-3-5-7-9-11-13-15-17-19-21-23-25-27-29-31-33-35-36-37-38-40-42-44-46-48-50-52-54-56-58-60-62-64-66-68-70-75(78)80-73(71-76)72-79-74(77)69-67-65-63-61-59-57-55-53-51-49-47-45-43-41-39-34-32-30-28-26-24-22-20-18-16-14-12-10-8-6-4-2/h5-8,11-14,17-20,23-26,29-32,35-36,38-41,44-47,50-53,56-59,73,76H,3-4,9-10,15-16,21-22,27-28,33-34,37,42-43,48-49,54-55,60-72H2,1-2H3/b7-5-,8-6-,13-11-,14-12-,19-17-,20-18-,25-23-,26-24-,31-29-,32-30-,36-35-,40-38-,41-39-,46-44-,47-45-,52-50-,53-51-,58-56-,59-57-. The summed E-state index contributed by atoms with van der Waals surface area (Å²) in [6.45, 7) is 3.84. The molecular weight excluding hydrogens is 981 g/mol. The molecule has 1 unspecified atom stereocenters. The van der Waals surface area contributed by atoms with E-state index in [0.717, 1.165) is 180 Å². The Balaban J connectivity index is 3.74. The van der Waals surface area contributed by atoms with E-state index in [1.807, 2.05) is 0 Å². The molecule has 5 heteroatoms. The Morgan fingerprint density at radius 2 is 0.500 bits per heavy atom. The summed E-state index contributed by atoms with van der Waals surface area (Å²) < 4.78 is 10.7. The molecule has 0 fully saturated rings. The molecule has 5 nitrogen and oxygen atoms in total. The van der Waals surface area contributed by atoms with E-state index in [1.165, 1.54) is 0 Å². The lowest BCUT2D eigenvalue weighted by atomic mass is 10.1. The van der Waals surface area contributed by atoms with Gasteiger partial charge in [0, 0.05) is 12.8 Å². The van der Waals surface area contributed by atoms with Crippen LogP contribution in [0.1, 0.15) is 206 Å². The van der Waals surface area contributed by atoms with Gasteiger partial charge in [0.1, 0.15) is 6.61 Å². The molecule has 0 aromatic rings. The van der Waals surface area contributed by atoms with Gasteiger partial charge in [-0.2, -0.15) is 0 Å². The van der Waals surface area contributed by atoms with E-state index in [2.05, 4.69) is 245 Å². The molecule has 0 rings (SSSR count). The van der Waals surface area contributed by atoms with Crippen molar-refractivity contribution in [3.05, 3.63) is 231 Å². The maximum Gasteiger partial charge on any atom is 0.306 e. The van der Waals surface area contributed by atoms with Crippen LogP contribution in [0.4, 0.5) is 0 Å². The van der Waals surface area contributed by atoms with Crippen LogP contribution in [0, 0.1) is 0 Å². The quantitative estimate of drug-likeness (QED) is 0.0373. The van der Waals surface area contributed by atoms with Gasteiger partial charge in [0.25, 0.3) is 0 Å². The highest BCUT2D eigenvalue weighted by Gasteiger charge is 2.16. The molecule has 0 aliphatic rings. The molecule has 0 heterocycles. The predicted molar refractivity (Wildman–Crippen MR) is 351 cm³/mol. The number of carbonyl (C=O) groups excluding carboxylic acids is 2. The molecule has 1 N–H and O–H groups in total. The number of hydrogen-bond donors (Lipinski definition) is 1. The van der Waals surface area contributed by atoms with Crippen LogP contribution < -0.4 is 0 Å². The fourth-order valence-electron chi connectivity index (χ4n) is 7.40. The van der Waals surface area contributed by atoms with E-state index in [-0.39, 0.29) is 25.2 Å². The fraction of sp³-hybridized carbons (Fsp3) is 0.467. The molecule has 0 aliphatic heterocycles. The van der Waals surface area contributed by atoms with Gasteiger partial charge in [-0.25, -0.2) is 0 Å². The Morgan fingerprint density at radius 3 is 0.750 bits per heavy atom. The van der Waals surface area contributed by atoms with Crippen LogP contribution in [-0.4, -0.2) is 36.4 Å². The van der Waals surface area contributed by atoms with Crippen molar-refractivity contribution in [1.82, 2.24) is 0 Å². The number of unbranched alkanes of at least 4 members (excludes halogenated alkanes) is 7. The number of hydrogen-bond acceptors (Lipinski definition) is 5. The van der Waals surface area contributed by atoms with Crippen LogP contribution in [0.3, 0.4) is 0 Å². The molecule has 0 bridgehead atoms. The highest BCUT2D eigenvalue weighted by molar-refractivity contribution is 5.70. The third-order valence-electron chi connectivity index (χ3n) is 12.0. The SMILES string of the molecule is CC/C=C\C/C=C\C/C=C\C/C=C\C/C=C\C/C=C\C/C=C\C/C=C\C/C=C\C/C=C\CCCCCCC(=O)OC(CO)COC(=O)CCCCC/C=C\C/C=C\C/C=C\C/C=C\C/C=C\C/C=C\C/C=C\C/C=C\C/C=C\CC. The number of aliphatic hydroxyl groups excluding tert-OH is 1. The van der Waals surface area contributed by atoms with Crippen molar-refractivity contribution in [1.29, 1.82) is 0 Å². The highest BCUT2D eigenvalue weighted by Crippen LogP contribution is 2.10. The van der Waals surface area contributed by atoms with Crippen LogP contribution in [0.25, 0.3) is 0 Å². The van der Waals surface area contributed by atoms with Crippen molar-refractivity contribution in [2.45, 2.75) is 213 Å². The van der Waals surface area contributed by atoms with Gasteiger partial charge >= 0.3 is 11.9 Å². The molecule has 1 atom stereocenters. The van der Waals surface area contributed by atoms with Crippen molar-refractivity contribution in [2.75, 3.05) is 13.2 Å². The molecule has 0 aliphatic carbocycles. The van der Waals surface area contributed by atoms with Gasteiger partial charge in [-0.05, 0) is 161 Å². The molecule has 0 aromatic carbocycles. The third kappa shape index (κ3) is 64.5. The van der Waals surface area contributed by atoms with E-state index in [4.69, 9.17) is 9.47 Å². The lowest BCUT2D eigenvalue weighted by Gasteiger charge is -2.15. The molecule has 0 amide bonds. The van der Waals surface area contributed by atoms with Gasteiger partial charge in [0.15, 0.2) is 6.10 Å². The van der Waals surface area contributed by atoms with Gasteiger partial charge in [0.2, 0.25) is 0 Å². The monoisotopic (exact) mass is 1090 g/mol. The van der Waals surface area contributed by atoms with E-state index in [9.17, 15) is 14.7 Å². The summed E-state index contributed by atoms with van der Waals surface area (Å²) in [5, 5.41) is 9.67. The molecule has 0 spiro atoms. The zero-order chi connectivity index (χ0) is 57.6. The topological polar surface area (TPSA) is 72.8 Å². The summed E-state index contributed by atoms with van der Waals surface area (Å²) >= 11 is 0. The van der Waals surface area contributed by atoms with Crippen LogP contribution in [0.2, 0.25) is 0 Å². The van der Waals surface area contributed by atoms with Gasteiger partial charge in [-0.3, -0.25) is 9.59 Å². The molecular formula is C75H110O5. The minimum Gasteiger partial charge on any atom is -0.462 e. The zero-order valence-corrected chi connectivity index (χ0v) is 50.2. The molecule has 440 valence electrons. The number of aliphatic hydroxyl groups is 1. The van der Waals surface area contributed by atoms with E-state index >= 15 is 0 Å². The Kier molecular flexibility index (Phi) is 62.2. The van der Waals surface area contributed by atoms with Crippen LogP contribution in [0.5, 0.6) is 0 Å². The second-order valence-electron chi connectivity index (χ2n) is 19.3. The van der Waals surface area contributed by atoms with Crippen molar-refractivity contribution in [2.24, 2.45) is 0 Å². The maximum absolute atomic E-state index is 12.3. The van der Waals surface area contributed by atoms with Crippen molar-refractivity contribution in [3.8, 4) is 0 Å². The minimum absolute atomic E-state index is 0.112. The fourth-order valence-corrected chi connectivity index (χ4v) is 7.40. The minimum atomic E-state index is -0.822. The average molecular weight is 1090 g/mol. The largest absolute Gasteiger partial charge is 0.462 e. The van der Waals surface area contributed by atoms with Gasteiger partial charge in [-0.15, -0.1) is 0 Å². The first-order chi connectivity index (χ1) is 39.6. The Morgan fingerprint density at radius 1 is 0.287 bits per heavy atom. The summed E-state index contributed by atoms with van der Waals surface area (Å²) in [6.07, 6.45) is 112. The lowest BCUT2D eigenvalue weighted by Crippen LogP contribution is -2.28. The van der Waals surface area contributed by atoms with E-state index in [1.54, 1.807) is 0 Å². The summed E-state index contributed by atoms with van der Waals surface area (Å²) in [7, 11) is 0. The van der Waals surface area contributed by atoms with E-state index < -0.39 is 6.10 Å². The maximum atomic E-state index is 12.3. The highest BCUT2D eigenvalue weighted by atomic mass is 16.6. The Labute approximate surface area is 490 Å².